The molecule has 0 aromatic rings. The number of urea groups is 1. The fraction of sp³-hybridized carbons (Fsp3) is 0.700. The molecule has 1 heterocycles. The molecule has 0 aromatic heterocycles. The second-order valence-electron chi connectivity index (χ2n) is 4.01. The molecule has 1 aliphatic heterocycles. The first-order valence-corrected chi connectivity index (χ1v) is 5.42. The van der Waals surface area contributed by atoms with E-state index in [1.807, 2.05) is 10.2 Å². The number of primary amides is 1. The van der Waals surface area contributed by atoms with Gasteiger partial charge < -0.3 is 10.5 Å². The summed E-state index contributed by atoms with van der Waals surface area (Å²) in [5.41, 5.74) is 4.83. The van der Waals surface area contributed by atoms with Crippen LogP contribution in [-0.2, 0) is 14.3 Å². The number of hydrogen-bond donors (Lipinski definition) is 2. The Kier molecular flexibility index (Phi) is 4.89. The molecule has 0 aliphatic carbocycles. The molecule has 0 unspecified atom stereocenters. The molecule has 1 aliphatic rings. The van der Waals surface area contributed by atoms with Gasteiger partial charge in [-0.15, -0.1) is 0 Å². The van der Waals surface area contributed by atoms with Crippen molar-refractivity contribution in [2.24, 2.45) is 11.7 Å². The van der Waals surface area contributed by atoms with Crippen LogP contribution < -0.4 is 11.1 Å². The standard InChI is InChI=1S/C10H17N3O4/c1-17-9(15)7-3-2-4-13(5-7)6-8(14)12-10(11)16/h7H,2-6H2,1H3,(H3,11,12,14,16)/t7-/m0/s1. The minimum Gasteiger partial charge on any atom is -0.469 e. The van der Waals surface area contributed by atoms with E-state index in [2.05, 4.69) is 4.74 Å². The SMILES string of the molecule is COC(=O)[C@H]1CCCN(CC(=O)NC(N)=O)C1. The molecule has 3 N–H and O–H groups in total. The number of rotatable bonds is 3. The first kappa shape index (κ1) is 13.4. The van der Waals surface area contributed by atoms with Crippen LogP contribution in [0, 0.1) is 5.92 Å². The van der Waals surface area contributed by atoms with E-state index in [9.17, 15) is 14.4 Å². The van der Waals surface area contributed by atoms with Crippen LogP contribution in [0.1, 0.15) is 12.8 Å². The average Bonchev–Trinajstić information content (AvgIpc) is 2.27. The van der Waals surface area contributed by atoms with E-state index in [4.69, 9.17) is 5.73 Å². The van der Waals surface area contributed by atoms with E-state index in [0.717, 1.165) is 19.4 Å². The van der Waals surface area contributed by atoms with Gasteiger partial charge >= 0.3 is 12.0 Å². The van der Waals surface area contributed by atoms with Crippen LogP contribution in [0.4, 0.5) is 4.79 Å². The van der Waals surface area contributed by atoms with E-state index in [-0.39, 0.29) is 18.4 Å². The molecule has 7 heteroatoms. The Morgan fingerprint density at radius 3 is 2.76 bits per heavy atom. The third-order valence-corrected chi connectivity index (χ3v) is 2.67. The van der Waals surface area contributed by atoms with Gasteiger partial charge in [0.05, 0.1) is 19.6 Å². The lowest BCUT2D eigenvalue weighted by molar-refractivity contribution is -0.147. The van der Waals surface area contributed by atoms with Gasteiger partial charge in [-0.05, 0) is 19.4 Å². The van der Waals surface area contributed by atoms with Gasteiger partial charge in [0.25, 0.3) is 0 Å². The number of likely N-dealkylation sites (tertiary alicyclic amines) is 1. The zero-order valence-electron chi connectivity index (χ0n) is 9.77. The Balaban J connectivity index is 2.41. The van der Waals surface area contributed by atoms with Crippen LogP contribution in [-0.4, -0.2) is 49.6 Å². The molecule has 0 bridgehead atoms. The molecule has 0 aromatic carbocycles. The summed E-state index contributed by atoms with van der Waals surface area (Å²) in [6.07, 6.45) is 1.59. The minimum absolute atomic E-state index is 0.0659. The summed E-state index contributed by atoms with van der Waals surface area (Å²) in [6, 6.07) is -0.864. The highest BCUT2D eigenvalue weighted by Gasteiger charge is 2.27. The molecule has 17 heavy (non-hydrogen) atoms. The highest BCUT2D eigenvalue weighted by Crippen LogP contribution is 2.17. The van der Waals surface area contributed by atoms with Crippen LogP contribution in [0.5, 0.6) is 0 Å². The molecule has 0 spiro atoms. The largest absolute Gasteiger partial charge is 0.469 e. The van der Waals surface area contributed by atoms with Crippen LogP contribution in [0.25, 0.3) is 0 Å². The first-order valence-electron chi connectivity index (χ1n) is 5.42. The molecule has 1 atom stereocenters. The van der Waals surface area contributed by atoms with E-state index in [1.54, 1.807) is 0 Å². The Hall–Kier alpha value is -1.63. The second-order valence-corrected chi connectivity index (χ2v) is 4.01. The fourth-order valence-corrected chi connectivity index (χ4v) is 1.94. The minimum atomic E-state index is -0.864. The Morgan fingerprint density at radius 1 is 1.47 bits per heavy atom. The monoisotopic (exact) mass is 243 g/mol. The van der Waals surface area contributed by atoms with Gasteiger partial charge in [0.2, 0.25) is 5.91 Å². The molecular formula is C10H17N3O4. The smallest absolute Gasteiger partial charge is 0.318 e. The van der Waals surface area contributed by atoms with Crippen molar-refractivity contribution in [2.75, 3.05) is 26.7 Å². The third-order valence-electron chi connectivity index (χ3n) is 2.67. The number of carbonyl (C=O) groups is 3. The molecule has 96 valence electrons. The van der Waals surface area contributed by atoms with Crippen molar-refractivity contribution in [3.8, 4) is 0 Å². The predicted octanol–water partition coefficient (Wildman–Crippen LogP) is -0.934. The maximum atomic E-state index is 11.4. The number of nitrogens with two attached hydrogens (primary N) is 1. The van der Waals surface area contributed by atoms with Crippen molar-refractivity contribution in [2.45, 2.75) is 12.8 Å². The maximum Gasteiger partial charge on any atom is 0.318 e. The molecule has 7 nitrogen and oxygen atoms in total. The third kappa shape index (κ3) is 4.39. The fourth-order valence-electron chi connectivity index (χ4n) is 1.94. The quantitative estimate of drug-likeness (QED) is 0.623. The van der Waals surface area contributed by atoms with Crippen LogP contribution in [0.15, 0.2) is 0 Å². The molecule has 1 saturated heterocycles. The van der Waals surface area contributed by atoms with Crippen molar-refractivity contribution in [1.29, 1.82) is 0 Å². The lowest BCUT2D eigenvalue weighted by Crippen LogP contribution is -2.46. The van der Waals surface area contributed by atoms with Gasteiger partial charge in [0, 0.05) is 6.54 Å². The Bertz CT molecular complexity index is 319. The topological polar surface area (TPSA) is 102 Å². The maximum absolute atomic E-state index is 11.4. The van der Waals surface area contributed by atoms with E-state index in [1.165, 1.54) is 7.11 Å². The summed E-state index contributed by atoms with van der Waals surface area (Å²) < 4.78 is 4.67. The number of carbonyl (C=O) groups excluding carboxylic acids is 3. The highest BCUT2D eigenvalue weighted by atomic mass is 16.5. The predicted molar refractivity (Wildman–Crippen MR) is 58.9 cm³/mol. The van der Waals surface area contributed by atoms with Gasteiger partial charge in [0.15, 0.2) is 0 Å². The van der Waals surface area contributed by atoms with Gasteiger partial charge in [0.1, 0.15) is 0 Å². The molecular weight excluding hydrogens is 226 g/mol. The lowest BCUT2D eigenvalue weighted by Gasteiger charge is -2.30. The number of imide groups is 1. The number of nitrogens with one attached hydrogen (secondary N) is 1. The molecule has 0 saturated carbocycles. The molecule has 1 fully saturated rings. The second kappa shape index (κ2) is 6.19. The summed E-state index contributed by atoms with van der Waals surface area (Å²) in [6.45, 7) is 1.26. The highest BCUT2D eigenvalue weighted by molar-refractivity contribution is 5.94. The number of esters is 1. The summed E-state index contributed by atoms with van der Waals surface area (Å²) in [5.74, 6) is -0.914. The summed E-state index contributed by atoms with van der Waals surface area (Å²) in [4.78, 5) is 34.9. The van der Waals surface area contributed by atoms with Gasteiger partial charge in [-0.3, -0.25) is 19.8 Å². The summed E-state index contributed by atoms with van der Waals surface area (Å²) in [5, 5.41) is 1.99. The van der Waals surface area contributed by atoms with Crippen LogP contribution in [0.3, 0.4) is 0 Å². The molecule has 0 radical (unpaired) electrons. The van der Waals surface area contributed by atoms with Crippen molar-refractivity contribution in [3.05, 3.63) is 0 Å². The van der Waals surface area contributed by atoms with Crippen molar-refractivity contribution < 1.29 is 19.1 Å². The van der Waals surface area contributed by atoms with Gasteiger partial charge in [-0.1, -0.05) is 0 Å². The van der Waals surface area contributed by atoms with Crippen LogP contribution >= 0.6 is 0 Å². The van der Waals surface area contributed by atoms with E-state index in [0.29, 0.717) is 6.54 Å². The Labute approximate surface area is 99.3 Å². The average molecular weight is 243 g/mol. The van der Waals surface area contributed by atoms with Gasteiger partial charge in [-0.2, -0.15) is 0 Å². The van der Waals surface area contributed by atoms with Crippen molar-refractivity contribution in [1.82, 2.24) is 10.2 Å². The van der Waals surface area contributed by atoms with Crippen LogP contribution in [0.2, 0.25) is 0 Å². The van der Waals surface area contributed by atoms with E-state index >= 15 is 0 Å². The normalized spacial score (nSPS) is 20.6. The zero-order chi connectivity index (χ0) is 12.8. The molecule has 1 rings (SSSR count). The first-order chi connectivity index (χ1) is 8.02. The lowest BCUT2D eigenvalue weighted by atomic mass is 9.98. The number of piperidine rings is 1. The number of nitrogens with zero attached hydrogens (tertiary/aromatic N) is 1. The van der Waals surface area contributed by atoms with E-state index < -0.39 is 11.9 Å². The summed E-state index contributed by atoms with van der Waals surface area (Å²) in [7, 11) is 1.35. The Morgan fingerprint density at radius 2 is 2.18 bits per heavy atom. The number of ether oxygens (including phenoxy) is 1. The van der Waals surface area contributed by atoms with Gasteiger partial charge in [-0.25, -0.2) is 4.79 Å². The number of methoxy groups -OCH3 is 1. The summed E-state index contributed by atoms with van der Waals surface area (Å²) >= 11 is 0. The van der Waals surface area contributed by atoms with Crippen molar-refractivity contribution >= 4 is 17.9 Å². The number of hydrogen-bond acceptors (Lipinski definition) is 5. The van der Waals surface area contributed by atoms with Crippen molar-refractivity contribution in [3.63, 3.8) is 0 Å². The molecule has 3 amide bonds. The number of amides is 3. The zero-order valence-corrected chi connectivity index (χ0v) is 9.77.